The van der Waals surface area contributed by atoms with Crippen molar-refractivity contribution in [3.8, 4) is 0 Å². The number of carbonyl (C=O) groups excluding carboxylic acids is 2. The average molecular weight is 279 g/mol. The Morgan fingerprint density at radius 2 is 1.76 bits per heavy atom. The van der Waals surface area contributed by atoms with Crippen LogP contribution in [0.1, 0.15) is 5.56 Å². The third-order valence-electron chi connectivity index (χ3n) is 3.28. The molecule has 102 valence electrons. The van der Waals surface area contributed by atoms with Crippen LogP contribution in [0.4, 0.5) is 0 Å². The second-order valence-corrected chi connectivity index (χ2v) is 4.53. The number of ketones is 1. The van der Waals surface area contributed by atoms with E-state index >= 15 is 0 Å². The number of carbonyl (C=O) groups is 2. The molecule has 21 heavy (non-hydrogen) atoms. The lowest BCUT2D eigenvalue weighted by molar-refractivity contribution is -0.141. The van der Waals surface area contributed by atoms with Gasteiger partial charge in [0.25, 0.3) is 0 Å². The van der Waals surface area contributed by atoms with Gasteiger partial charge in [-0.2, -0.15) is 0 Å². The first-order valence-corrected chi connectivity index (χ1v) is 6.17. The molecule has 0 radical (unpaired) electrons. The molecule has 0 bridgehead atoms. The van der Waals surface area contributed by atoms with E-state index in [9.17, 15) is 9.59 Å². The number of allylic oxidation sites excluding steroid dienone is 2. The molecule has 0 atom stereocenters. The number of nitrogens with zero attached hydrogens (tertiary/aromatic N) is 3. The first-order valence-electron chi connectivity index (χ1n) is 6.17. The summed E-state index contributed by atoms with van der Waals surface area (Å²) < 4.78 is 5.37. The zero-order valence-corrected chi connectivity index (χ0v) is 10.8. The molecular weight excluding hydrogens is 270 g/mol. The second-order valence-electron chi connectivity index (χ2n) is 4.53. The minimum atomic E-state index is -1.20. The third-order valence-corrected chi connectivity index (χ3v) is 3.28. The Morgan fingerprint density at radius 1 is 1.10 bits per heavy atom. The van der Waals surface area contributed by atoms with Crippen molar-refractivity contribution in [1.82, 2.24) is 0 Å². The van der Waals surface area contributed by atoms with Gasteiger partial charge in [0.1, 0.15) is 5.70 Å². The van der Waals surface area contributed by atoms with Gasteiger partial charge in [0, 0.05) is 10.5 Å². The number of rotatable bonds is 2. The summed E-state index contributed by atoms with van der Waals surface area (Å²) in [4.78, 5) is 26.0. The van der Waals surface area contributed by atoms with Crippen molar-refractivity contribution < 1.29 is 14.3 Å². The molecule has 0 aromatic heterocycles. The summed E-state index contributed by atoms with van der Waals surface area (Å²) >= 11 is 0. The van der Waals surface area contributed by atoms with E-state index in [1.165, 1.54) is 24.3 Å². The Hall–Kier alpha value is -3.11. The lowest BCUT2D eigenvalue weighted by atomic mass is 9.85. The van der Waals surface area contributed by atoms with E-state index in [0.29, 0.717) is 11.1 Å². The van der Waals surface area contributed by atoms with E-state index in [0.717, 1.165) is 0 Å². The molecule has 1 heterocycles. The summed E-state index contributed by atoms with van der Waals surface area (Å²) in [7, 11) is 0. The Balaban J connectivity index is 2.26. The third kappa shape index (κ3) is 2.04. The summed E-state index contributed by atoms with van der Waals surface area (Å²) in [5.41, 5.74) is 8.50. The van der Waals surface area contributed by atoms with Gasteiger partial charge in [-0.05, 0) is 35.4 Å². The summed E-state index contributed by atoms with van der Waals surface area (Å²) in [5.74, 6) is -0.906. The number of hydrogen-bond acceptors (Lipinski definition) is 4. The molecule has 1 aromatic carbocycles. The van der Waals surface area contributed by atoms with E-state index in [2.05, 4.69) is 10.0 Å². The lowest BCUT2D eigenvalue weighted by Crippen LogP contribution is -2.28. The molecular formula is C15H9N3O3. The van der Waals surface area contributed by atoms with Crippen LogP contribution in [0.2, 0.25) is 0 Å². The van der Waals surface area contributed by atoms with E-state index in [4.69, 9.17) is 10.3 Å². The van der Waals surface area contributed by atoms with Gasteiger partial charge >= 0.3 is 5.97 Å². The fourth-order valence-electron chi connectivity index (χ4n) is 2.40. The predicted octanol–water partition coefficient (Wildman–Crippen LogP) is 2.70. The van der Waals surface area contributed by atoms with Gasteiger partial charge in [-0.3, -0.25) is 4.79 Å². The van der Waals surface area contributed by atoms with Crippen molar-refractivity contribution in [3.63, 3.8) is 0 Å². The van der Waals surface area contributed by atoms with Gasteiger partial charge < -0.3 is 4.74 Å². The lowest BCUT2D eigenvalue weighted by Gasteiger charge is -2.26. The topological polar surface area (TPSA) is 92.1 Å². The summed E-state index contributed by atoms with van der Waals surface area (Å²) in [6.45, 7) is 0. The van der Waals surface area contributed by atoms with Crippen molar-refractivity contribution in [3.05, 3.63) is 76.3 Å². The van der Waals surface area contributed by atoms with Crippen molar-refractivity contribution in [2.45, 2.75) is 5.60 Å². The molecule has 2 aliphatic rings. The maximum absolute atomic E-state index is 12.0. The minimum Gasteiger partial charge on any atom is -0.442 e. The minimum absolute atomic E-state index is 0.0904. The van der Waals surface area contributed by atoms with Crippen LogP contribution >= 0.6 is 0 Å². The van der Waals surface area contributed by atoms with Gasteiger partial charge in [0.15, 0.2) is 11.4 Å². The van der Waals surface area contributed by atoms with E-state index in [-0.39, 0.29) is 11.5 Å². The SMILES string of the molecule is [N-]=[N+]=NC1=C(c2ccccc2)C2(C=CC(=O)C=C2)OC1=O. The highest BCUT2D eigenvalue weighted by molar-refractivity contribution is 6.08. The fourth-order valence-corrected chi connectivity index (χ4v) is 2.40. The average Bonchev–Trinajstić information content (AvgIpc) is 2.76. The van der Waals surface area contributed by atoms with Crippen molar-refractivity contribution >= 4 is 17.3 Å². The van der Waals surface area contributed by atoms with E-state index in [1.807, 2.05) is 6.07 Å². The molecule has 0 fully saturated rings. The molecule has 1 aromatic rings. The number of benzene rings is 1. The van der Waals surface area contributed by atoms with Crippen LogP contribution < -0.4 is 0 Å². The number of azide groups is 1. The summed E-state index contributed by atoms with van der Waals surface area (Å²) in [5, 5.41) is 3.46. The van der Waals surface area contributed by atoms with Crippen LogP contribution in [-0.2, 0) is 14.3 Å². The molecule has 0 unspecified atom stereocenters. The van der Waals surface area contributed by atoms with Gasteiger partial charge in [-0.15, -0.1) is 0 Å². The van der Waals surface area contributed by atoms with Crippen LogP contribution in [-0.4, -0.2) is 17.4 Å². The molecule has 1 spiro atoms. The molecule has 0 saturated carbocycles. The monoisotopic (exact) mass is 279 g/mol. The smallest absolute Gasteiger partial charge is 0.342 e. The van der Waals surface area contributed by atoms with Gasteiger partial charge in [0.2, 0.25) is 0 Å². The van der Waals surface area contributed by atoms with Crippen LogP contribution in [0.15, 0.2) is 65.4 Å². The molecule has 6 nitrogen and oxygen atoms in total. The molecule has 3 rings (SSSR count). The van der Waals surface area contributed by atoms with Crippen molar-refractivity contribution in [2.24, 2.45) is 5.11 Å². The Bertz CT molecular complexity index is 753. The van der Waals surface area contributed by atoms with Crippen LogP contribution in [0.3, 0.4) is 0 Å². The van der Waals surface area contributed by atoms with Crippen molar-refractivity contribution in [1.29, 1.82) is 0 Å². The molecule has 0 amide bonds. The highest BCUT2D eigenvalue weighted by Gasteiger charge is 2.45. The van der Waals surface area contributed by atoms with Crippen LogP contribution in [0, 0.1) is 0 Å². The second kappa shape index (κ2) is 4.77. The highest BCUT2D eigenvalue weighted by atomic mass is 16.6. The molecule has 1 aliphatic carbocycles. The number of esters is 1. The highest BCUT2D eigenvalue weighted by Crippen LogP contribution is 2.43. The largest absolute Gasteiger partial charge is 0.442 e. The first kappa shape index (κ1) is 12.9. The number of hydrogen-bond donors (Lipinski definition) is 0. The fraction of sp³-hybridized carbons (Fsp3) is 0.0667. The summed E-state index contributed by atoms with van der Waals surface area (Å²) in [6, 6.07) is 8.99. The summed E-state index contributed by atoms with van der Waals surface area (Å²) in [6.07, 6.45) is 5.65. The predicted molar refractivity (Wildman–Crippen MR) is 74.6 cm³/mol. The van der Waals surface area contributed by atoms with E-state index < -0.39 is 11.6 Å². The van der Waals surface area contributed by atoms with Crippen molar-refractivity contribution in [2.75, 3.05) is 0 Å². The zero-order chi connectivity index (χ0) is 14.9. The zero-order valence-electron chi connectivity index (χ0n) is 10.8. The quantitative estimate of drug-likeness (QED) is 0.360. The normalized spacial score (nSPS) is 18.9. The molecule has 1 aliphatic heterocycles. The van der Waals surface area contributed by atoms with Gasteiger partial charge in [-0.1, -0.05) is 35.4 Å². The Kier molecular flexibility index (Phi) is 2.93. The van der Waals surface area contributed by atoms with Crippen LogP contribution in [0.5, 0.6) is 0 Å². The molecule has 0 saturated heterocycles. The maximum Gasteiger partial charge on any atom is 0.342 e. The van der Waals surface area contributed by atoms with Gasteiger partial charge in [-0.25, -0.2) is 4.79 Å². The first-order chi connectivity index (χ1) is 10.2. The Morgan fingerprint density at radius 3 is 2.38 bits per heavy atom. The molecule has 0 N–H and O–H groups in total. The van der Waals surface area contributed by atoms with Gasteiger partial charge in [0.05, 0.1) is 0 Å². The number of ether oxygens (including phenoxy) is 1. The maximum atomic E-state index is 12.0. The van der Waals surface area contributed by atoms with Crippen LogP contribution in [0.25, 0.3) is 16.0 Å². The standard InChI is InChI=1S/C15H9N3O3/c16-18-17-13-12(10-4-2-1-3-5-10)15(21-14(13)20)8-6-11(19)7-9-15/h1-9H. The molecule has 6 heteroatoms. The van der Waals surface area contributed by atoms with E-state index in [1.54, 1.807) is 24.3 Å². The Labute approximate surface area is 119 Å².